The summed E-state index contributed by atoms with van der Waals surface area (Å²) >= 11 is 5.57. The molecule has 1 amide bonds. The van der Waals surface area contributed by atoms with Crippen molar-refractivity contribution >= 4 is 23.5 Å². The predicted octanol–water partition coefficient (Wildman–Crippen LogP) is 0.566. The maximum absolute atomic E-state index is 11.5. The van der Waals surface area contributed by atoms with E-state index in [1.165, 1.54) is 12.3 Å². The molecule has 17 heavy (non-hydrogen) atoms. The third-order valence-electron chi connectivity index (χ3n) is 1.75. The van der Waals surface area contributed by atoms with Crippen molar-refractivity contribution in [2.75, 3.05) is 19.8 Å². The lowest BCUT2D eigenvalue weighted by atomic mass is 10.3. The molecule has 92 valence electrons. The minimum absolute atomic E-state index is 0.138. The van der Waals surface area contributed by atoms with E-state index >= 15 is 0 Å². The minimum atomic E-state index is -1.04. The lowest BCUT2D eigenvalue weighted by Gasteiger charge is -2.04. The van der Waals surface area contributed by atoms with E-state index in [9.17, 15) is 9.59 Å². The molecule has 0 aromatic carbocycles. The van der Waals surface area contributed by atoms with Crippen LogP contribution in [0, 0.1) is 0 Å². The van der Waals surface area contributed by atoms with Crippen LogP contribution in [0.25, 0.3) is 0 Å². The van der Waals surface area contributed by atoms with Gasteiger partial charge in [-0.1, -0.05) is 11.6 Å². The molecule has 0 aliphatic rings. The van der Waals surface area contributed by atoms with Gasteiger partial charge in [0.05, 0.1) is 12.2 Å². The summed E-state index contributed by atoms with van der Waals surface area (Å²) in [6.07, 6.45) is 1.36. The van der Waals surface area contributed by atoms with E-state index in [0.717, 1.165) is 0 Å². The smallest absolute Gasteiger partial charge is 0.329 e. The first-order valence-corrected chi connectivity index (χ1v) is 5.16. The van der Waals surface area contributed by atoms with Crippen LogP contribution in [-0.2, 0) is 9.53 Å². The van der Waals surface area contributed by atoms with Crippen LogP contribution in [0.1, 0.15) is 10.4 Å². The highest BCUT2D eigenvalue weighted by molar-refractivity contribution is 6.29. The predicted molar refractivity (Wildman–Crippen MR) is 60.0 cm³/mol. The zero-order valence-corrected chi connectivity index (χ0v) is 9.61. The fourth-order valence-corrected chi connectivity index (χ4v) is 1.12. The number of nitrogens with zero attached hydrogens (tertiary/aromatic N) is 1. The number of carbonyl (C=O) groups excluding carboxylic acids is 1. The van der Waals surface area contributed by atoms with Crippen LogP contribution < -0.4 is 5.32 Å². The average Bonchev–Trinajstić information content (AvgIpc) is 2.29. The molecule has 7 heteroatoms. The van der Waals surface area contributed by atoms with Gasteiger partial charge in [0.15, 0.2) is 0 Å². The van der Waals surface area contributed by atoms with Gasteiger partial charge < -0.3 is 15.2 Å². The van der Waals surface area contributed by atoms with Crippen molar-refractivity contribution in [3.63, 3.8) is 0 Å². The van der Waals surface area contributed by atoms with Gasteiger partial charge in [-0.15, -0.1) is 0 Å². The monoisotopic (exact) mass is 258 g/mol. The summed E-state index contributed by atoms with van der Waals surface area (Å²) in [5, 5.41) is 11.2. The van der Waals surface area contributed by atoms with E-state index in [2.05, 4.69) is 10.3 Å². The van der Waals surface area contributed by atoms with Gasteiger partial charge in [0, 0.05) is 12.7 Å². The highest BCUT2D eigenvalue weighted by atomic mass is 35.5. The molecule has 1 heterocycles. The third kappa shape index (κ3) is 5.28. The number of rotatable bonds is 6. The number of ether oxygens (including phenoxy) is 1. The third-order valence-corrected chi connectivity index (χ3v) is 1.97. The first-order chi connectivity index (χ1) is 8.09. The molecule has 0 unspecified atom stereocenters. The molecule has 2 N–H and O–H groups in total. The number of aromatic nitrogens is 1. The second-order valence-corrected chi connectivity index (χ2v) is 3.46. The van der Waals surface area contributed by atoms with Crippen LogP contribution in [0.5, 0.6) is 0 Å². The van der Waals surface area contributed by atoms with Gasteiger partial charge in [-0.2, -0.15) is 0 Å². The van der Waals surface area contributed by atoms with Crippen LogP contribution >= 0.6 is 11.6 Å². The standard InChI is InChI=1S/C10H11ClN2O4/c11-8-2-1-7(5-13-8)10(16)12-3-4-17-6-9(14)15/h1-2,5H,3-4,6H2,(H,12,16)(H,14,15). The Hall–Kier alpha value is -1.66. The zero-order valence-electron chi connectivity index (χ0n) is 8.85. The van der Waals surface area contributed by atoms with E-state index < -0.39 is 5.97 Å². The molecule has 0 aliphatic carbocycles. The Balaban J connectivity index is 2.25. The van der Waals surface area contributed by atoms with Crippen LogP contribution in [0.4, 0.5) is 0 Å². The second-order valence-electron chi connectivity index (χ2n) is 3.07. The van der Waals surface area contributed by atoms with E-state index in [0.29, 0.717) is 10.7 Å². The number of carbonyl (C=O) groups is 2. The molecular weight excluding hydrogens is 248 g/mol. The molecule has 1 rings (SSSR count). The summed E-state index contributed by atoms with van der Waals surface area (Å²) in [6.45, 7) is -0.00777. The van der Waals surface area contributed by atoms with Crippen molar-refractivity contribution in [2.45, 2.75) is 0 Å². The maximum Gasteiger partial charge on any atom is 0.329 e. The fourth-order valence-electron chi connectivity index (χ4n) is 1.01. The average molecular weight is 259 g/mol. The molecule has 0 spiro atoms. The Morgan fingerprint density at radius 2 is 2.24 bits per heavy atom. The number of halogens is 1. The minimum Gasteiger partial charge on any atom is -0.480 e. The Bertz CT molecular complexity index is 394. The van der Waals surface area contributed by atoms with Gasteiger partial charge in [-0.05, 0) is 12.1 Å². The molecule has 0 saturated carbocycles. The van der Waals surface area contributed by atoms with E-state index in [1.54, 1.807) is 6.07 Å². The van der Waals surface area contributed by atoms with Crippen molar-refractivity contribution in [3.8, 4) is 0 Å². The number of carboxylic acids is 1. The first kappa shape index (κ1) is 13.4. The van der Waals surface area contributed by atoms with Gasteiger partial charge in [0.2, 0.25) is 0 Å². The van der Waals surface area contributed by atoms with Crippen LogP contribution in [0.15, 0.2) is 18.3 Å². The molecular formula is C10H11ClN2O4. The molecule has 1 aromatic rings. The maximum atomic E-state index is 11.5. The van der Waals surface area contributed by atoms with Crippen LogP contribution in [-0.4, -0.2) is 41.7 Å². The highest BCUT2D eigenvalue weighted by Crippen LogP contribution is 2.04. The van der Waals surface area contributed by atoms with Crippen molar-refractivity contribution in [2.24, 2.45) is 0 Å². The Labute approximate surface area is 103 Å². The van der Waals surface area contributed by atoms with Crippen molar-refractivity contribution in [1.82, 2.24) is 10.3 Å². The van der Waals surface area contributed by atoms with Gasteiger partial charge in [-0.3, -0.25) is 4.79 Å². The lowest BCUT2D eigenvalue weighted by molar-refractivity contribution is -0.142. The summed E-state index contributed by atoms with van der Waals surface area (Å²) in [7, 11) is 0. The highest BCUT2D eigenvalue weighted by Gasteiger charge is 2.05. The molecule has 0 aliphatic heterocycles. The van der Waals surface area contributed by atoms with Gasteiger partial charge in [-0.25, -0.2) is 9.78 Å². The van der Waals surface area contributed by atoms with Crippen molar-refractivity contribution < 1.29 is 19.4 Å². The number of aliphatic carboxylic acids is 1. The van der Waals surface area contributed by atoms with E-state index in [1.807, 2.05) is 0 Å². The molecule has 0 fully saturated rings. The molecule has 0 atom stereocenters. The number of pyridine rings is 1. The first-order valence-electron chi connectivity index (χ1n) is 4.79. The number of nitrogens with one attached hydrogen (secondary N) is 1. The lowest BCUT2D eigenvalue weighted by Crippen LogP contribution is -2.28. The Morgan fingerprint density at radius 1 is 1.47 bits per heavy atom. The number of hydrogen-bond donors (Lipinski definition) is 2. The topological polar surface area (TPSA) is 88.5 Å². The van der Waals surface area contributed by atoms with E-state index in [4.69, 9.17) is 21.4 Å². The molecule has 0 bridgehead atoms. The molecule has 6 nitrogen and oxygen atoms in total. The quantitative estimate of drug-likeness (QED) is 0.575. The van der Waals surface area contributed by atoms with Gasteiger partial charge in [0.1, 0.15) is 11.8 Å². The number of hydrogen-bond acceptors (Lipinski definition) is 4. The van der Waals surface area contributed by atoms with Gasteiger partial charge in [0.25, 0.3) is 5.91 Å². The van der Waals surface area contributed by atoms with Crippen molar-refractivity contribution in [1.29, 1.82) is 0 Å². The summed E-state index contributed by atoms with van der Waals surface area (Å²) in [6, 6.07) is 3.06. The Kier molecular flexibility index (Phi) is 5.38. The number of amides is 1. The molecule has 1 aromatic heterocycles. The SMILES string of the molecule is O=C(O)COCCNC(=O)c1ccc(Cl)nc1. The fraction of sp³-hybridized carbons (Fsp3) is 0.300. The van der Waals surface area contributed by atoms with E-state index in [-0.39, 0.29) is 25.7 Å². The van der Waals surface area contributed by atoms with Gasteiger partial charge >= 0.3 is 5.97 Å². The van der Waals surface area contributed by atoms with Crippen molar-refractivity contribution in [3.05, 3.63) is 29.0 Å². The second kappa shape index (κ2) is 6.82. The summed E-state index contributed by atoms with van der Waals surface area (Å²) in [5.41, 5.74) is 0.382. The molecule has 0 radical (unpaired) electrons. The molecule has 0 saturated heterocycles. The Morgan fingerprint density at radius 3 is 2.82 bits per heavy atom. The van der Waals surface area contributed by atoms with Crippen LogP contribution in [0.3, 0.4) is 0 Å². The summed E-state index contributed by atoms with van der Waals surface area (Å²) in [5.74, 6) is -1.36. The largest absolute Gasteiger partial charge is 0.480 e. The summed E-state index contributed by atoms with van der Waals surface area (Å²) in [4.78, 5) is 25.4. The normalized spacial score (nSPS) is 9.94. The number of carboxylic acid groups (broad SMARTS) is 1. The zero-order chi connectivity index (χ0) is 12.7. The van der Waals surface area contributed by atoms with Crippen LogP contribution in [0.2, 0.25) is 5.15 Å². The summed E-state index contributed by atoms with van der Waals surface area (Å²) < 4.78 is 4.75.